The van der Waals surface area contributed by atoms with E-state index in [9.17, 15) is 0 Å². The summed E-state index contributed by atoms with van der Waals surface area (Å²) in [6, 6.07) is 0.456. The Labute approximate surface area is 95.8 Å². The first-order valence-corrected chi connectivity index (χ1v) is 6.30. The SMILES string of the molecule is CCC(CC)CC(NC)C(C)(CC)OC. The van der Waals surface area contributed by atoms with Crippen LogP contribution >= 0.6 is 0 Å². The molecule has 0 aliphatic carbocycles. The van der Waals surface area contributed by atoms with E-state index in [1.807, 2.05) is 14.2 Å². The lowest BCUT2D eigenvalue weighted by Crippen LogP contribution is -2.49. The Hall–Kier alpha value is -0.0800. The lowest BCUT2D eigenvalue weighted by Gasteiger charge is -2.37. The monoisotopic (exact) mass is 215 g/mol. The van der Waals surface area contributed by atoms with Crippen molar-refractivity contribution in [1.82, 2.24) is 5.32 Å². The Kier molecular flexibility index (Phi) is 7.20. The zero-order valence-electron chi connectivity index (χ0n) is 11.4. The molecule has 0 amide bonds. The number of likely N-dealkylation sites (N-methyl/N-ethyl adjacent to an activating group) is 1. The fourth-order valence-electron chi connectivity index (χ4n) is 2.16. The van der Waals surface area contributed by atoms with Crippen LogP contribution in [0, 0.1) is 5.92 Å². The van der Waals surface area contributed by atoms with Gasteiger partial charge in [0.2, 0.25) is 0 Å². The zero-order chi connectivity index (χ0) is 11.9. The zero-order valence-corrected chi connectivity index (χ0v) is 11.4. The summed E-state index contributed by atoms with van der Waals surface area (Å²) in [5, 5.41) is 3.42. The van der Waals surface area contributed by atoms with Gasteiger partial charge in [0.1, 0.15) is 0 Å². The molecular formula is C13H29NO. The summed E-state index contributed by atoms with van der Waals surface area (Å²) in [5.74, 6) is 0.809. The van der Waals surface area contributed by atoms with E-state index in [-0.39, 0.29) is 5.60 Å². The second-order valence-corrected chi connectivity index (χ2v) is 4.63. The molecule has 0 aromatic heterocycles. The molecule has 0 rings (SSSR count). The van der Waals surface area contributed by atoms with Gasteiger partial charge in [-0.25, -0.2) is 0 Å². The molecule has 0 aliphatic heterocycles. The summed E-state index contributed by atoms with van der Waals surface area (Å²) in [6.07, 6.45) is 4.78. The van der Waals surface area contributed by atoms with Gasteiger partial charge >= 0.3 is 0 Å². The number of methoxy groups -OCH3 is 1. The Morgan fingerprint density at radius 2 is 1.73 bits per heavy atom. The fourth-order valence-corrected chi connectivity index (χ4v) is 2.16. The van der Waals surface area contributed by atoms with Crippen LogP contribution in [-0.2, 0) is 4.74 Å². The van der Waals surface area contributed by atoms with Gasteiger partial charge in [-0.2, -0.15) is 0 Å². The Bertz CT molecular complexity index is 151. The molecule has 0 bridgehead atoms. The average Bonchev–Trinajstić information content (AvgIpc) is 2.30. The Balaban J connectivity index is 4.45. The van der Waals surface area contributed by atoms with Crippen molar-refractivity contribution in [2.75, 3.05) is 14.2 Å². The van der Waals surface area contributed by atoms with Gasteiger partial charge in [-0.15, -0.1) is 0 Å². The molecule has 0 aliphatic rings. The number of nitrogens with one attached hydrogen (secondary N) is 1. The lowest BCUT2D eigenvalue weighted by atomic mass is 9.84. The summed E-state index contributed by atoms with van der Waals surface area (Å²) in [6.45, 7) is 8.95. The first kappa shape index (κ1) is 14.9. The number of rotatable bonds is 8. The van der Waals surface area contributed by atoms with Crippen molar-refractivity contribution in [2.45, 2.75) is 65.0 Å². The minimum atomic E-state index is -0.0304. The van der Waals surface area contributed by atoms with Crippen LogP contribution in [0.3, 0.4) is 0 Å². The van der Waals surface area contributed by atoms with Crippen molar-refractivity contribution >= 4 is 0 Å². The summed E-state index contributed by atoms with van der Waals surface area (Å²) >= 11 is 0. The van der Waals surface area contributed by atoms with Gasteiger partial charge in [0.05, 0.1) is 5.60 Å². The van der Waals surface area contributed by atoms with Gasteiger partial charge in [-0.1, -0.05) is 33.6 Å². The molecule has 0 aromatic rings. The fraction of sp³-hybridized carbons (Fsp3) is 1.00. The highest BCUT2D eigenvalue weighted by Gasteiger charge is 2.32. The van der Waals surface area contributed by atoms with Crippen molar-refractivity contribution in [1.29, 1.82) is 0 Å². The second kappa shape index (κ2) is 7.24. The third-order valence-corrected chi connectivity index (χ3v) is 3.98. The van der Waals surface area contributed by atoms with Gasteiger partial charge < -0.3 is 10.1 Å². The van der Waals surface area contributed by atoms with E-state index in [4.69, 9.17) is 4.74 Å². The molecular weight excluding hydrogens is 186 g/mol. The third-order valence-electron chi connectivity index (χ3n) is 3.98. The van der Waals surface area contributed by atoms with Crippen molar-refractivity contribution in [3.63, 3.8) is 0 Å². The minimum Gasteiger partial charge on any atom is -0.377 e. The molecule has 92 valence electrons. The highest BCUT2D eigenvalue weighted by Crippen LogP contribution is 2.26. The van der Waals surface area contributed by atoms with E-state index in [1.165, 1.54) is 19.3 Å². The standard InChI is InChI=1S/C13H29NO/c1-7-11(8-2)10-12(14-5)13(4,9-3)15-6/h11-12,14H,7-10H2,1-6H3. The smallest absolute Gasteiger partial charge is 0.0800 e. The van der Waals surface area contributed by atoms with Gasteiger partial charge in [-0.3, -0.25) is 0 Å². The van der Waals surface area contributed by atoms with Gasteiger partial charge in [0.25, 0.3) is 0 Å². The lowest BCUT2D eigenvalue weighted by molar-refractivity contribution is -0.0333. The maximum absolute atomic E-state index is 5.67. The van der Waals surface area contributed by atoms with E-state index in [1.54, 1.807) is 0 Å². The van der Waals surface area contributed by atoms with Gasteiger partial charge in [0, 0.05) is 13.2 Å². The molecule has 2 unspecified atom stereocenters. The van der Waals surface area contributed by atoms with Crippen LogP contribution in [0.15, 0.2) is 0 Å². The summed E-state index contributed by atoms with van der Waals surface area (Å²) < 4.78 is 5.67. The average molecular weight is 215 g/mol. The highest BCUT2D eigenvalue weighted by atomic mass is 16.5. The molecule has 0 aromatic carbocycles. The second-order valence-electron chi connectivity index (χ2n) is 4.63. The summed E-state index contributed by atoms with van der Waals surface area (Å²) in [4.78, 5) is 0. The first-order valence-electron chi connectivity index (χ1n) is 6.30. The largest absolute Gasteiger partial charge is 0.377 e. The summed E-state index contributed by atoms with van der Waals surface area (Å²) in [5.41, 5.74) is -0.0304. The van der Waals surface area contributed by atoms with Crippen molar-refractivity contribution < 1.29 is 4.74 Å². The van der Waals surface area contributed by atoms with Crippen LogP contribution in [0.4, 0.5) is 0 Å². The normalized spacial score (nSPS) is 17.8. The van der Waals surface area contributed by atoms with E-state index >= 15 is 0 Å². The predicted molar refractivity (Wildman–Crippen MR) is 67.2 cm³/mol. The quantitative estimate of drug-likeness (QED) is 0.671. The van der Waals surface area contributed by atoms with Gasteiger partial charge in [0.15, 0.2) is 0 Å². The Morgan fingerprint density at radius 3 is 2.00 bits per heavy atom. The van der Waals surface area contributed by atoms with E-state index in [2.05, 4.69) is 33.0 Å². The molecule has 2 heteroatoms. The number of hydrogen-bond acceptors (Lipinski definition) is 2. The Morgan fingerprint density at radius 1 is 1.20 bits per heavy atom. The maximum Gasteiger partial charge on any atom is 0.0800 e. The molecule has 0 radical (unpaired) electrons. The minimum absolute atomic E-state index is 0.0304. The van der Waals surface area contributed by atoms with E-state index in [0.29, 0.717) is 6.04 Å². The highest BCUT2D eigenvalue weighted by molar-refractivity contribution is 4.88. The predicted octanol–water partition coefficient (Wildman–Crippen LogP) is 3.22. The first-order chi connectivity index (χ1) is 7.07. The van der Waals surface area contributed by atoms with Crippen LogP contribution < -0.4 is 5.32 Å². The van der Waals surface area contributed by atoms with Crippen LogP contribution in [0.25, 0.3) is 0 Å². The topological polar surface area (TPSA) is 21.3 Å². The molecule has 0 saturated heterocycles. The molecule has 2 nitrogen and oxygen atoms in total. The van der Waals surface area contributed by atoms with Crippen molar-refractivity contribution in [3.8, 4) is 0 Å². The number of hydrogen-bond donors (Lipinski definition) is 1. The third kappa shape index (κ3) is 4.12. The van der Waals surface area contributed by atoms with Gasteiger partial charge in [-0.05, 0) is 32.7 Å². The molecule has 1 N–H and O–H groups in total. The summed E-state index contributed by atoms with van der Waals surface area (Å²) in [7, 11) is 3.86. The van der Waals surface area contributed by atoms with Crippen LogP contribution in [0.1, 0.15) is 53.4 Å². The maximum atomic E-state index is 5.67. The van der Waals surface area contributed by atoms with Crippen molar-refractivity contribution in [2.24, 2.45) is 5.92 Å². The van der Waals surface area contributed by atoms with E-state index < -0.39 is 0 Å². The van der Waals surface area contributed by atoms with Crippen LogP contribution in [0.2, 0.25) is 0 Å². The van der Waals surface area contributed by atoms with E-state index in [0.717, 1.165) is 12.3 Å². The molecule has 2 atom stereocenters. The molecule has 0 fully saturated rings. The van der Waals surface area contributed by atoms with Crippen molar-refractivity contribution in [3.05, 3.63) is 0 Å². The molecule has 0 heterocycles. The molecule has 15 heavy (non-hydrogen) atoms. The van der Waals surface area contributed by atoms with Crippen LogP contribution in [0.5, 0.6) is 0 Å². The molecule has 0 saturated carbocycles. The number of ether oxygens (including phenoxy) is 1. The molecule has 0 spiro atoms. The van der Waals surface area contributed by atoms with Crippen LogP contribution in [-0.4, -0.2) is 25.8 Å².